The van der Waals surface area contributed by atoms with Gasteiger partial charge in [0.15, 0.2) is 0 Å². The molecule has 3 aliphatic rings. The molecule has 0 aliphatic carbocycles. The highest BCUT2D eigenvalue weighted by Gasteiger charge is 2.50. The van der Waals surface area contributed by atoms with E-state index < -0.39 is 6.09 Å². The number of amides is 1. The van der Waals surface area contributed by atoms with Crippen molar-refractivity contribution in [2.24, 2.45) is 5.41 Å². The maximum Gasteiger partial charge on any atom is 0.407 e. The Morgan fingerprint density at radius 3 is 2.47 bits per heavy atom. The van der Waals surface area contributed by atoms with Gasteiger partial charge in [-0.25, -0.2) is 4.79 Å². The van der Waals surface area contributed by atoms with Crippen LogP contribution in [0, 0.1) is 5.41 Å². The topological polar surface area (TPSA) is 52.6 Å². The molecule has 4 heteroatoms. The quantitative estimate of drug-likeness (QED) is 0.633. The lowest BCUT2D eigenvalue weighted by Crippen LogP contribution is -2.50. The van der Waals surface area contributed by atoms with E-state index in [1.54, 1.807) is 4.90 Å². The number of piperidine rings is 1. The van der Waals surface area contributed by atoms with Gasteiger partial charge in [-0.15, -0.1) is 0 Å². The monoisotopic (exact) mass is 210 g/mol. The van der Waals surface area contributed by atoms with Crippen molar-refractivity contribution >= 4 is 6.09 Å². The summed E-state index contributed by atoms with van der Waals surface area (Å²) < 4.78 is 0. The van der Waals surface area contributed by atoms with Gasteiger partial charge in [-0.05, 0) is 44.1 Å². The molecule has 84 valence electrons. The number of rotatable bonds is 0. The van der Waals surface area contributed by atoms with Gasteiger partial charge in [-0.2, -0.15) is 0 Å². The Morgan fingerprint density at radius 2 is 2.00 bits per heavy atom. The molecular weight excluding hydrogens is 192 g/mol. The van der Waals surface area contributed by atoms with Crippen LogP contribution in [0.2, 0.25) is 0 Å². The molecule has 2 atom stereocenters. The highest BCUT2D eigenvalue weighted by molar-refractivity contribution is 5.66. The molecular formula is C11H18N2O2. The Balaban J connectivity index is 1.82. The molecule has 2 bridgehead atoms. The SMILES string of the molecule is O=C(O)N1C2CCC1CC1(CCNC1)C2. The average molecular weight is 210 g/mol. The molecule has 0 aromatic carbocycles. The molecule has 15 heavy (non-hydrogen) atoms. The number of carbonyl (C=O) groups is 1. The van der Waals surface area contributed by atoms with E-state index in [0.717, 1.165) is 38.8 Å². The van der Waals surface area contributed by atoms with Crippen LogP contribution in [-0.4, -0.2) is 41.3 Å². The van der Waals surface area contributed by atoms with Crippen LogP contribution in [0.1, 0.15) is 32.1 Å². The molecule has 3 fully saturated rings. The van der Waals surface area contributed by atoms with Gasteiger partial charge >= 0.3 is 6.09 Å². The highest BCUT2D eigenvalue weighted by Crippen LogP contribution is 2.48. The summed E-state index contributed by atoms with van der Waals surface area (Å²) in [6.45, 7) is 2.22. The third kappa shape index (κ3) is 1.34. The lowest BCUT2D eigenvalue weighted by Gasteiger charge is -2.43. The van der Waals surface area contributed by atoms with Crippen molar-refractivity contribution in [3.63, 3.8) is 0 Å². The van der Waals surface area contributed by atoms with Crippen molar-refractivity contribution in [2.75, 3.05) is 13.1 Å². The van der Waals surface area contributed by atoms with E-state index in [4.69, 9.17) is 5.11 Å². The standard InChI is InChI=1S/C11H18N2O2/c14-10(15)13-8-1-2-9(13)6-11(5-8)3-4-12-7-11/h8-9,12H,1-7H2,(H,14,15). The maximum absolute atomic E-state index is 11.1. The van der Waals surface area contributed by atoms with Gasteiger partial charge < -0.3 is 15.3 Å². The van der Waals surface area contributed by atoms with Gasteiger partial charge in [0.1, 0.15) is 0 Å². The minimum Gasteiger partial charge on any atom is -0.465 e. The second kappa shape index (κ2) is 3.11. The Kier molecular flexibility index (Phi) is 1.96. The Morgan fingerprint density at radius 1 is 1.33 bits per heavy atom. The largest absolute Gasteiger partial charge is 0.465 e. The number of hydrogen-bond acceptors (Lipinski definition) is 2. The molecule has 2 N–H and O–H groups in total. The molecule has 3 saturated heterocycles. The van der Waals surface area contributed by atoms with E-state index in [9.17, 15) is 4.79 Å². The van der Waals surface area contributed by atoms with Crippen LogP contribution in [0.4, 0.5) is 4.79 Å². The summed E-state index contributed by atoms with van der Waals surface area (Å²) >= 11 is 0. The summed E-state index contributed by atoms with van der Waals surface area (Å²) in [6.07, 6.45) is 4.87. The molecule has 0 aromatic rings. The zero-order valence-electron chi connectivity index (χ0n) is 8.91. The van der Waals surface area contributed by atoms with Crippen molar-refractivity contribution in [1.82, 2.24) is 10.2 Å². The van der Waals surface area contributed by atoms with Crippen LogP contribution in [0.15, 0.2) is 0 Å². The molecule has 0 radical (unpaired) electrons. The fourth-order valence-electron chi connectivity index (χ4n) is 3.90. The van der Waals surface area contributed by atoms with Gasteiger partial charge in [-0.3, -0.25) is 0 Å². The van der Waals surface area contributed by atoms with Gasteiger partial charge in [0.2, 0.25) is 0 Å². The van der Waals surface area contributed by atoms with Crippen LogP contribution < -0.4 is 5.32 Å². The van der Waals surface area contributed by atoms with Crippen molar-refractivity contribution < 1.29 is 9.90 Å². The first kappa shape index (κ1) is 9.46. The second-order valence-corrected chi connectivity index (χ2v) is 5.41. The number of nitrogens with zero attached hydrogens (tertiary/aromatic N) is 1. The number of carboxylic acid groups (broad SMARTS) is 1. The molecule has 0 aromatic heterocycles. The summed E-state index contributed by atoms with van der Waals surface area (Å²) in [6, 6.07) is 0.613. The Labute approximate surface area is 89.6 Å². The van der Waals surface area contributed by atoms with Crippen molar-refractivity contribution in [2.45, 2.75) is 44.2 Å². The first-order chi connectivity index (χ1) is 7.20. The fourth-order valence-corrected chi connectivity index (χ4v) is 3.90. The average Bonchev–Trinajstić information content (AvgIpc) is 2.71. The summed E-state index contributed by atoms with van der Waals surface area (Å²) in [7, 11) is 0. The van der Waals surface area contributed by atoms with Crippen LogP contribution in [0.5, 0.6) is 0 Å². The molecule has 0 saturated carbocycles. The Hall–Kier alpha value is -0.770. The maximum atomic E-state index is 11.1. The molecule has 3 aliphatic heterocycles. The third-order valence-corrected chi connectivity index (χ3v) is 4.51. The van der Waals surface area contributed by atoms with Crippen LogP contribution in [0.3, 0.4) is 0 Å². The number of hydrogen-bond donors (Lipinski definition) is 2. The van der Waals surface area contributed by atoms with E-state index in [1.807, 2.05) is 0 Å². The zero-order chi connectivity index (χ0) is 10.5. The van der Waals surface area contributed by atoms with Gasteiger partial charge in [0, 0.05) is 18.6 Å². The van der Waals surface area contributed by atoms with E-state index in [0.29, 0.717) is 17.5 Å². The summed E-state index contributed by atoms with van der Waals surface area (Å²) in [5.41, 5.74) is 0.428. The summed E-state index contributed by atoms with van der Waals surface area (Å²) in [5.74, 6) is 0. The van der Waals surface area contributed by atoms with E-state index in [-0.39, 0.29) is 0 Å². The predicted molar refractivity (Wildman–Crippen MR) is 55.8 cm³/mol. The smallest absolute Gasteiger partial charge is 0.407 e. The molecule has 3 rings (SSSR count). The predicted octanol–water partition coefficient (Wildman–Crippen LogP) is 1.27. The number of nitrogens with one attached hydrogen (secondary N) is 1. The molecule has 1 spiro atoms. The highest BCUT2D eigenvalue weighted by atomic mass is 16.4. The molecule has 2 unspecified atom stereocenters. The Bertz CT molecular complexity index is 270. The zero-order valence-corrected chi connectivity index (χ0v) is 8.91. The fraction of sp³-hybridized carbons (Fsp3) is 0.909. The normalized spacial score (nSPS) is 43.9. The first-order valence-electron chi connectivity index (χ1n) is 5.92. The number of fused-ring (bicyclic) bond motifs is 2. The van der Waals surface area contributed by atoms with Crippen LogP contribution in [-0.2, 0) is 0 Å². The van der Waals surface area contributed by atoms with Gasteiger partial charge in [0.05, 0.1) is 0 Å². The minimum atomic E-state index is -0.705. The van der Waals surface area contributed by atoms with Crippen LogP contribution >= 0.6 is 0 Å². The first-order valence-corrected chi connectivity index (χ1v) is 5.92. The molecule has 3 heterocycles. The van der Waals surface area contributed by atoms with Crippen molar-refractivity contribution in [3.8, 4) is 0 Å². The lowest BCUT2D eigenvalue weighted by molar-refractivity contribution is 0.0519. The van der Waals surface area contributed by atoms with E-state index >= 15 is 0 Å². The van der Waals surface area contributed by atoms with Crippen LogP contribution in [0.25, 0.3) is 0 Å². The summed E-state index contributed by atoms with van der Waals surface area (Å²) in [4.78, 5) is 12.9. The van der Waals surface area contributed by atoms with Crippen molar-refractivity contribution in [3.05, 3.63) is 0 Å². The molecule has 4 nitrogen and oxygen atoms in total. The molecule has 1 amide bonds. The van der Waals surface area contributed by atoms with Gasteiger partial charge in [0.25, 0.3) is 0 Å². The lowest BCUT2D eigenvalue weighted by atomic mass is 9.74. The third-order valence-electron chi connectivity index (χ3n) is 4.51. The van der Waals surface area contributed by atoms with Gasteiger partial charge in [-0.1, -0.05) is 0 Å². The minimum absolute atomic E-state index is 0.307. The summed E-state index contributed by atoms with van der Waals surface area (Å²) in [5, 5.41) is 12.6. The van der Waals surface area contributed by atoms with E-state index in [2.05, 4.69) is 5.32 Å². The second-order valence-electron chi connectivity index (χ2n) is 5.41. The van der Waals surface area contributed by atoms with Crippen molar-refractivity contribution in [1.29, 1.82) is 0 Å². The van der Waals surface area contributed by atoms with E-state index in [1.165, 1.54) is 6.42 Å².